The molecule has 0 fully saturated rings. The van der Waals surface area contributed by atoms with Crippen LogP contribution in [0, 0.1) is 0 Å². The molecule has 1 aromatic carbocycles. The third-order valence-corrected chi connectivity index (χ3v) is 4.05. The molecule has 9 heteroatoms. The molecule has 0 spiro atoms. The summed E-state index contributed by atoms with van der Waals surface area (Å²) in [7, 11) is -1.98. The number of hydrogen-bond donors (Lipinski definition) is 1. The van der Waals surface area contributed by atoms with Crippen molar-refractivity contribution >= 4 is 15.7 Å². The van der Waals surface area contributed by atoms with Crippen LogP contribution in [0.15, 0.2) is 35.5 Å². The fraction of sp³-hybridized carbons (Fsp3) is 0.308. The van der Waals surface area contributed by atoms with Gasteiger partial charge in [0.1, 0.15) is 5.75 Å². The predicted octanol–water partition coefficient (Wildman–Crippen LogP) is 0.120. The maximum atomic E-state index is 12.2. The highest BCUT2D eigenvalue weighted by Gasteiger charge is 2.16. The summed E-state index contributed by atoms with van der Waals surface area (Å²) in [4.78, 5) is 12.3. The minimum Gasteiger partial charge on any atom is -0.496 e. The van der Waals surface area contributed by atoms with E-state index in [1.54, 1.807) is 17.1 Å². The van der Waals surface area contributed by atoms with Gasteiger partial charge < -0.3 is 10.1 Å². The average molecular weight is 324 g/mol. The molecule has 1 heterocycles. The van der Waals surface area contributed by atoms with E-state index in [1.165, 1.54) is 25.3 Å². The van der Waals surface area contributed by atoms with Crippen molar-refractivity contribution in [1.82, 2.24) is 20.3 Å². The minimum absolute atomic E-state index is 0.0646. The van der Waals surface area contributed by atoms with Crippen molar-refractivity contribution in [2.24, 2.45) is 0 Å². The Labute approximate surface area is 128 Å². The van der Waals surface area contributed by atoms with Crippen LogP contribution >= 0.6 is 0 Å². The van der Waals surface area contributed by atoms with Gasteiger partial charge in [-0.05, 0) is 18.2 Å². The van der Waals surface area contributed by atoms with E-state index in [0.29, 0.717) is 18.8 Å². The van der Waals surface area contributed by atoms with Crippen LogP contribution in [-0.4, -0.2) is 49.2 Å². The molecule has 8 nitrogen and oxygen atoms in total. The molecule has 1 amide bonds. The molecule has 0 aliphatic carbocycles. The molecule has 2 rings (SSSR count). The van der Waals surface area contributed by atoms with Gasteiger partial charge >= 0.3 is 0 Å². The van der Waals surface area contributed by atoms with E-state index in [2.05, 4.69) is 15.6 Å². The molecule has 0 atom stereocenters. The third kappa shape index (κ3) is 3.82. The summed E-state index contributed by atoms with van der Waals surface area (Å²) in [5.41, 5.74) is 0.170. The number of benzene rings is 1. The first-order chi connectivity index (χ1) is 10.4. The number of rotatable bonds is 6. The Morgan fingerprint density at radius 3 is 2.77 bits per heavy atom. The summed E-state index contributed by atoms with van der Waals surface area (Å²) in [5, 5.41) is 10.1. The minimum atomic E-state index is -3.40. The number of carbonyl (C=O) groups excluding carboxylic acids is 1. The van der Waals surface area contributed by atoms with E-state index in [0.717, 1.165) is 6.26 Å². The van der Waals surface area contributed by atoms with Crippen molar-refractivity contribution in [2.45, 2.75) is 11.4 Å². The third-order valence-electron chi connectivity index (χ3n) is 2.94. The topological polar surface area (TPSA) is 103 Å². The van der Waals surface area contributed by atoms with Gasteiger partial charge in [-0.1, -0.05) is 5.21 Å². The zero-order chi connectivity index (χ0) is 16.2. The zero-order valence-electron chi connectivity index (χ0n) is 12.2. The molecule has 22 heavy (non-hydrogen) atoms. The van der Waals surface area contributed by atoms with Crippen LogP contribution in [0.5, 0.6) is 5.75 Å². The second-order valence-corrected chi connectivity index (χ2v) is 6.57. The molecule has 1 aromatic heterocycles. The molecule has 0 unspecified atom stereocenters. The van der Waals surface area contributed by atoms with Gasteiger partial charge in [-0.3, -0.25) is 9.48 Å². The van der Waals surface area contributed by atoms with Crippen LogP contribution in [0.25, 0.3) is 0 Å². The van der Waals surface area contributed by atoms with Gasteiger partial charge in [0.05, 0.1) is 30.3 Å². The summed E-state index contributed by atoms with van der Waals surface area (Å²) in [5.74, 6) is -0.104. The highest BCUT2D eigenvalue weighted by atomic mass is 32.2. The number of nitrogens with one attached hydrogen (secondary N) is 1. The van der Waals surface area contributed by atoms with Crippen LogP contribution in [0.2, 0.25) is 0 Å². The first-order valence-electron chi connectivity index (χ1n) is 6.42. The number of hydrogen-bond acceptors (Lipinski definition) is 6. The Kier molecular flexibility index (Phi) is 4.76. The quantitative estimate of drug-likeness (QED) is 0.809. The van der Waals surface area contributed by atoms with Crippen LogP contribution < -0.4 is 10.1 Å². The number of nitrogens with zero attached hydrogens (tertiary/aromatic N) is 3. The summed E-state index contributed by atoms with van der Waals surface area (Å²) in [6.45, 7) is 0.786. The van der Waals surface area contributed by atoms with Gasteiger partial charge in [0.15, 0.2) is 9.84 Å². The monoisotopic (exact) mass is 324 g/mol. The summed E-state index contributed by atoms with van der Waals surface area (Å²) in [6.07, 6.45) is 4.30. The van der Waals surface area contributed by atoms with Gasteiger partial charge in [0.2, 0.25) is 0 Å². The van der Waals surface area contributed by atoms with E-state index >= 15 is 0 Å². The zero-order valence-corrected chi connectivity index (χ0v) is 13.0. The molecule has 0 aliphatic heterocycles. The molecule has 1 N–H and O–H groups in total. The van der Waals surface area contributed by atoms with Crippen molar-refractivity contribution in [2.75, 3.05) is 19.9 Å². The van der Waals surface area contributed by atoms with Crippen LogP contribution in [0.1, 0.15) is 10.4 Å². The number of sulfone groups is 1. The van der Waals surface area contributed by atoms with E-state index in [4.69, 9.17) is 4.74 Å². The molecule has 0 radical (unpaired) electrons. The lowest BCUT2D eigenvalue weighted by atomic mass is 10.2. The first kappa shape index (κ1) is 16.0. The molecule has 0 aliphatic rings. The fourth-order valence-electron chi connectivity index (χ4n) is 1.83. The van der Waals surface area contributed by atoms with Gasteiger partial charge in [0.25, 0.3) is 5.91 Å². The van der Waals surface area contributed by atoms with Crippen LogP contribution in [0.4, 0.5) is 0 Å². The molecule has 0 saturated carbocycles. The van der Waals surface area contributed by atoms with Gasteiger partial charge in [0, 0.05) is 19.0 Å². The lowest BCUT2D eigenvalue weighted by molar-refractivity contribution is 0.0948. The van der Waals surface area contributed by atoms with Gasteiger partial charge in [-0.15, -0.1) is 5.10 Å². The first-order valence-corrected chi connectivity index (χ1v) is 8.31. The van der Waals surface area contributed by atoms with E-state index in [1.807, 2.05) is 0 Å². The molecule has 2 aromatic rings. The summed E-state index contributed by atoms with van der Waals surface area (Å²) in [6, 6.07) is 4.17. The van der Waals surface area contributed by atoms with E-state index in [-0.39, 0.29) is 10.5 Å². The second kappa shape index (κ2) is 6.56. The lowest BCUT2D eigenvalue weighted by Crippen LogP contribution is -2.28. The summed E-state index contributed by atoms with van der Waals surface area (Å²) >= 11 is 0. The molecule has 0 saturated heterocycles. The van der Waals surface area contributed by atoms with E-state index in [9.17, 15) is 13.2 Å². The Bertz CT molecular complexity index is 756. The standard InChI is InChI=1S/C13H16N4O4S/c1-21-12-4-3-10(22(2,19)20)9-11(12)13(18)14-5-7-17-8-6-15-16-17/h3-4,6,8-9H,5,7H2,1-2H3,(H,14,18). The van der Waals surface area contributed by atoms with Crippen molar-refractivity contribution in [3.05, 3.63) is 36.2 Å². The van der Waals surface area contributed by atoms with Crippen LogP contribution in [0.3, 0.4) is 0 Å². The van der Waals surface area contributed by atoms with Gasteiger partial charge in [-0.2, -0.15) is 0 Å². The predicted molar refractivity (Wildman–Crippen MR) is 78.5 cm³/mol. The molecular formula is C13H16N4O4S. The van der Waals surface area contributed by atoms with Crippen molar-refractivity contribution in [1.29, 1.82) is 0 Å². The highest BCUT2D eigenvalue weighted by molar-refractivity contribution is 7.90. The normalized spacial score (nSPS) is 11.2. The smallest absolute Gasteiger partial charge is 0.255 e. The molecular weight excluding hydrogens is 308 g/mol. The highest BCUT2D eigenvalue weighted by Crippen LogP contribution is 2.22. The number of ether oxygens (including phenoxy) is 1. The molecule has 118 valence electrons. The number of carbonyl (C=O) groups is 1. The van der Waals surface area contributed by atoms with Crippen molar-refractivity contribution < 1.29 is 17.9 Å². The van der Waals surface area contributed by atoms with Gasteiger partial charge in [-0.25, -0.2) is 8.42 Å². The number of methoxy groups -OCH3 is 1. The fourth-order valence-corrected chi connectivity index (χ4v) is 2.47. The Morgan fingerprint density at radius 1 is 1.41 bits per heavy atom. The Balaban J connectivity index is 2.13. The van der Waals surface area contributed by atoms with Crippen molar-refractivity contribution in [3.63, 3.8) is 0 Å². The average Bonchev–Trinajstić information content (AvgIpc) is 2.98. The van der Waals surface area contributed by atoms with Crippen LogP contribution in [-0.2, 0) is 16.4 Å². The Hall–Kier alpha value is -2.42. The SMILES string of the molecule is COc1ccc(S(C)(=O)=O)cc1C(=O)NCCn1ccnn1. The number of amides is 1. The largest absolute Gasteiger partial charge is 0.496 e. The summed E-state index contributed by atoms with van der Waals surface area (Å²) < 4.78 is 29.8. The number of aromatic nitrogens is 3. The maximum Gasteiger partial charge on any atom is 0.255 e. The Morgan fingerprint density at radius 2 is 2.18 bits per heavy atom. The van der Waals surface area contributed by atoms with Crippen molar-refractivity contribution in [3.8, 4) is 5.75 Å². The van der Waals surface area contributed by atoms with E-state index < -0.39 is 15.7 Å². The second-order valence-electron chi connectivity index (χ2n) is 4.56. The lowest BCUT2D eigenvalue weighted by Gasteiger charge is -2.10. The maximum absolute atomic E-state index is 12.2. The molecule has 0 bridgehead atoms.